The second-order valence-corrected chi connectivity index (χ2v) is 3.75. The summed E-state index contributed by atoms with van der Waals surface area (Å²) in [7, 11) is 2.02. The first-order valence-corrected chi connectivity index (χ1v) is 4.81. The molecule has 1 rings (SSSR count). The zero-order valence-corrected chi connectivity index (χ0v) is 8.99. The van der Waals surface area contributed by atoms with Crippen LogP contribution in [0.2, 0.25) is 0 Å². The molecule has 0 aliphatic carbocycles. The van der Waals surface area contributed by atoms with E-state index in [2.05, 4.69) is 36.1 Å². The van der Waals surface area contributed by atoms with Crippen molar-refractivity contribution in [2.24, 2.45) is 5.92 Å². The molecule has 0 bridgehead atoms. The van der Waals surface area contributed by atoms with Crippen LogP contribution in [-0.4, -0.2) is 13.6 Å². The Morgan fingerprint density at radius 1 is 1.50 bits per heavy atom. The van der Waals surface area contributed by atoms with E-state index in [1.165, 1.54) is 11.3 Å². The molecule has 1 aromatic rings. The van der Waals surface area contributed by atoms with Crippen LogP contribution in [0.15, 0.2) is 24.3 Å². The van der Waals surface area contributed by atoms with Crippen molar-refractivity contribution in [3.8, 4) is 6.07 Å². The van der Waals surface area contributed by atoms with Crippen molar-refractivity contribution in [3.05, 3.63) is 29.8 Å². The number of hydrogen-bond acceptors (Lipinski definition) is 2. The fraction of sp³-hybridized carbons (Fsp3) is 0.417. The van der Waals surface area contributed by atoms with Crippen molar-refractivity contribution < 1.29 is 0 Å². The minimum absolute atomic E-state index is 0.0699. The summed E-state index contributed by atoms with van der Waals surface area (Å²) in [4.78, 5) is 2.11. The second-order valence-electron chi connectivity index (χ2n) is 3.75. The van der Waals surface area contributed by atoms with Crippen LogP contribution in [0.4, 0.5) is 5.69 Å². The molecular formula is C12H16N2. The van der Waals surface area contributed by atoms with E-state index in [-0.39, 0.29) is 5.92 Å². The predicted molar refractivity (Wildman–Crippen MR) is 59.2 cm³/mol. The molecule has 0 spiro atoms. The summed E-state index contributed by atoms with van der Waals surface area (Å²) >= 11 is 0. The summed E-state index contributed by atoms with van der Waals surface area (Å²) < 4.78 is 0. The highest BCUT2D eigenvalue weighted by Crippen LogP contribution is 2.15. The lowest BCUT2D eigenvalue weighted by Crippen LogP contribution is -2.23. The van der Waals surface area contributed by atoms with E-state index < -0.39 is 0 Å². The van der Waals surface area contributed by atoms with Gasteiger partial charge in [0, 0.05) is 19.3 Å². The molecule has 14 heavy (non-hydrogen) atoms. The predicted octanol–water partition coefficient (Wildman–Crippen LogP) is 2.59. The Bertz CT molecular complexity index is 338. The van der Waals surface area contributed by atoms with Gasteiger partial charge in [-0.05, 0) is 31.5 Å². The minimum Gasteiger partial charge on any atom is -0.373 e. The van der Waals surface area contributed by atoms with Gasteiger partial charge in [-0.3, -0.25) is 0 Å². The van der Waals surface area contributed by atoms with Gasteiger partial charge < -0.3 is 4.90 Å². The number of benzene rings is 1. The molecule has 74 valence electrons. The summed E-state index contributed by atoms with van der Waals surface area (Å²) in [6.45, 7) is 4.79. The van der Waals surface area contributed by atoms with Crippen LogP contribution in [0.3, 0.4) is 0 Å². The van der Waals surface area contributed by atoms with Crippen molar-refractivity contribution in [2.75, 3.05) is 18.5 Å². The SMILES string of the molecule is Cc1cccc(N(C)CC(C)C#N)c1. The van der Waals surface area contributed by atoms with E-state index in [0.29, 0.717) is 0 Å². The maximum Gasteiger partial charge on any atom is 0.0671 e. The molecule has 0 saturated heterocycles. The Morgan fingerprint density at radius 3 is 2.79 bits per heavy atom. The molecule has 2 nitrogen and oxygen atoms in total. The third-order valence-electron chi connectivity index (χ3n) is 2.21. The average Bonchev–Trinajstić information content (AvgIpc) is 2.17. The molecule has 0 N–H and O–H groups in total. The van der Waals surface area contributed by atoms with Crippen LogP contribution in [0, 0.1) is 24.2 Å². The highest BCUT2D eigenvalue weighted by Gasteiger charge is 2.05. The van der Waals surface area contributed by atoms with Crippen molar-refractivity contribution >= 4 is 5.69 Å². The molecule has 0 radical (unpaired) electrons. The molecule has 0 heterocycles. The third-order valence-corrected chi connectivity index (χ3v) is 2.21. The summed E-state index contributed by atoms with van der Waals surface area (Å²) in [5.74, 6) is 0.0699. The molecule has 0 aliphatic rings. The normalized spacial score (nSPS) is 11.9. The third kappa shape index (κ3) is 2.77. The van der Waals surface area contributed by atoms with E-state index in [9.17, 15) is 0 Å². The fourth-order valence-corrected chi connectivity index (χ4v) is 1.42. The van der Waals surface area contributed by atoms with Crippen LogP contribution in [0.25, 0.3) is 0 Å². The van der Waals surface area contributed by atoms with Gasteiger partial charge in [0.25, 0.3) is 0 Å². The Kier molecular flexibility index (Phi) is 3.53. The van der Waals surface area contributed by atoms with Gasteiger partial charge in [0.05, 0.1) is 12.0 Å². The highest BCUT2D eigenvalue weighted by molar-refractivity contribution is 5.47. The van der Waals surface area contributed by atoms with Crippen molar-refractivity contribution in [3.63, 3.8) is 0 Å². The molecule has 1 aromatic carbocycles. The van der Waals surface area contributed by atoms with Crippen LogP contribution >= 0.6 is 0 Å². The summed E-state index contributed by atoms with van der Waals surface area (Å²) in [6, 6.07) is 10.5. The molecule has 0 aliphatic heterocycles. The van der Waals surface area contributed by atoms with Crippen molar-refractivity contribution in [1.82, 2.24) is 0 Å². The van der Waals surface area contributed by atoms with Crippen LogP contribution in [0.5, 0.6) is 0 Å². The second kappa shape index (κ2) is 4.66. The number of rotatable bonds is 3. The van der Waals surface area contributed by atoms with E-state index in [0.717, 1.165) is 6.54 Å². The van der Waals surface area contributed by atoms with E-state index in [4.69, 9.17) is 5.26 Å². The van der Waals surface area contributed by atoms with Crippen LogP contribution in [-0.2, 0) is 0 Å². The van der Waals surface area contributed by atoms with Gasteiger partial charge in [-0.1, -0.05) is 12.1 Å². The van der Waals surface area contributed by atoms with Crippen molar-refractivity contribution in [1.29, 1.82) is 5.26 Å². The first-order valence-electron chi connectivity index (χ1n) is 4.81. The molecule has 0 fully saturated rings. The maximum absolute atomic E-state index is 8.71. The molecule has 0 saturated carbocycles. The van der Waals surface area contributed by atoms with Gasteiger partial charge in [0.2, 0.25) is 0 Å². The number of anilines is 1. The van der Waals surface area contributed by atoms with E-state index >= 15 is 0 Å². The smallest absolute Gasteiger partial charge is 0.0671 e. The fourth-order valence-electron chi connectivity index (χ4n) is 1.42. The van der Waals surface area contributed by atoms with Gasteiger partial charge in [0.1, 0.15) is 0 Å². The number of hydrogen-bond donors (Lipinski definition) is 0. The monoisotopic (exact) mass is 188 g/mol. The standard InChI is InChI=1S/C12H16N2/c1-10-5-4-6-12(7-10)14(3)9-11(2)8-13/h4-7,11H,9H2,1-3H3. The summed E-state index contributed by atoms with van der Waals surface area (Å²) in [6.07, 6.45) is 0. The average molecular weight is 188 g/mol. The van der Waals surface area contributed by atoms with E-state index in [1.807, 2.05) is 20.0 Å². The van der Waals surface area contributed by atoms with Gasteiger partial charge in [-0.2, -0.15) is 5.26 Å². The van der Waals surface area contributed by atoms with Gasteiger partial charge in [-0.15, -0.1) is 0 Å². The number of nitrogens with zero attached hydrogens (tertiary/aromatic N) is 2. The largest absolute Gasteiger partial charge is 0.373 e. The molecule has 0 aromatic heterocycles. The van der Waals surface area contributed by atoms with Crippen LogP contribution in [0.1, 0.15) is 12.5 Å². The van der Waals surface area contributed by atoms with Crippen LogP contribution < -0.4 is 4.90 Å². The number of nitriles is 1. The lowest BCUT2D eigenvalue weighted by molar-refractivity contribution is 0.716. The Hall–Kier alpha value is -1.49. The maximum atomic E-state index is 8.71. The molecule has 2 heteroatoms. The zero-order chi connectivity index (χ0) is 10.6. The molecular weight excluding hydrogens is 172 g/mol. The van der Waals surface area contributed by atoms with E-state index in [1.54, 1.807) is 0 Å². The van der Waals surface area contributed by atoms with Gasteiger partial charge >= 0.3 is 0 Å². The minimum atomic E-state index is 0.0699. The Labute approximate surface area is 85.8 Å². The topological polar surface area (TPSA) is 27.0 Å². The Balaban J connectivity index is 2.70. The lowest BCUT2D eigenvalue weighted by Gasteiger charge is -2.20. The molecule has 0 amide bonds. The van der Waals surface area contributed by atoms with Gasteiger partial charge in [-0.25, -0.2) is 0 Å². The number of aryl methyl sites for hydroxylation is 1. The summed E-state index contributed by atoms with van der Waals surface area (Å²) in [5.41, 5.74) is 2.42. The van der Waals surface area contributed by atoms with Crippen molar-refractivity contribution in [2.45, 2.75) is 13.8 Å². The summed E-state index contributed by atoms with van der Waals surface area (Å²) in [5, 5.41) is 8.71. The first-order chi connectivity index (χ1) is 6.63. The highest BCUT2D eigenvalue weighted by atomic mass is 15.1. The first kappa shape index (κ1) is 10.6. The lowest BCUT2D eigenvalue weighted by atomic mass is 10.1. The zero-order valence-electron chi connectivity index (χ0n) is 8.99. The molecule has 1 unspecified atom stereocenters. The Morgan fingerprint density at radius 2 is 2.21 bits per heavy atom. The van der Waals surface area contributed by atoms with Gasteiger partial charge in [0.15, 0.2) is 0 Å². The quantitative estimate of drug-likeness (QED) is 0.729. The molecule has 1 atom stereocenters.